The van der Waals surface area contributed by atoms with E-state index in [0.717, 1.165) is 12.0 Å². The summed E-state index contributed by atoms with van der Waals surface area (Å²) < 4.78 is 13.0. The molecule has 2 rings (SSSR count). The van der Waals surface area contributed by atoms with Crippen molar-refractivity contribution in [3.05, 3.63) is 71.5 Å². The summed E-state index contributed by atoms with van der Waals surface area (Å²) in [5, 5.41) is 0. The maximum absolute atomic E-state index is 13.0. The van der Waals surface area contributed by atoms with Crippen LogP contribution in [0.25, 0.3) is 11.6 Å². The molecule has 0 heterocycles. The van der Waals surface area contributed by atoms with Crippen LogP contribution in [0.5, 0.6) is 0 Å². The molecule has 0 fully saturated rings. The lowest BCUT2D eigenvalue weighted by molar-refractivity contribution is 0.628. The minimum atomic E-state index is -0.184. The van der Waals surface area contributed by atoms with Crippen molar-refractivity contribution in [1.82, 2.24) is 0 Å². The largest absolute Gasteiger partial charge is 0.207 e. The fourth-order valence-electron chi connectivity index (χ4n) is 2.45. The van der Waals surface area contributed by atoms with Gasteiger partial charge in [-0.15, -0.1) is 0 Å². The first-order valence-corrected chi connectivity index (χ1v) is 7.81. The molecule has 21 heavy (non-hydrogen) atoms. The molecular formula is C20H23F. The van der Waals surface area contributed by atoms with Gasteiger partial charge in [0.1, 0.15) is 5.82 Å². The molecular weight excluding hydrogens is 259 g/mol. The number of allylic oxidation sites excluding steroid dienone is 1. The Hall–Kier alpha value is -1.89. The third-order valence-corrected chi connectivity index (χ3v) is 3.66. The molecule has 0 saturated carbocycles. The molecule has 110 valence electrons. The minimum Gasteiger partial charge on any atom is -0.207 e. The molecule has 2 aromatic rings. The van der Waals surface area contributed by atoms with Crippen LogP contribution in [0.3, 0.4) is 0 Å². The molecule has 0 aliphatic rings. The standard InChI is InChI=1S/C20H23F/c1-2-3-4-6-11-19(18-9-7-5-8-10-18)16-17-12-14-20(21)15-13-17/h5,7-10,12-16H,2-4,6,11H2,1H3. The summed E-state index contributed by atoms with van der Waals surface area (Å²) in [6.07, 6.45) is 8.27. The van der Waals surface area contributed by atoms with Gasteiger partial charge in [0.15, 0.2) is 0 Å². The Morgan fingerprint density at radius 3 is 2.29 bits per heavy atom. The normalized spacial score (nSPS) is 11.6. The predicted molar refractivity (Wildman–Crippen MR) is 89.5 cm³/mol. The molecule has 0 atom stereocenters. The Kier molecular flexibility index (Phi) is 6.21. The first kappa shape index (κ1) is 15.5. The molecule has 0 N–H and O–H groups in total. The van der Waals surface area contributed by atoms with Crippen LogP contribution in [0.4, 0.5) is 4.39 Å². The lowest BCUT2D eigenvalue weighted by Gasteiger charge is -2.08. The van der Waals surface area contributed by atoms with Crippen molar-refractivity contribution in [3.8, 4) is 0 Å². The van der Waals surface area contributed by atoms with Gasteiger partial charge in [-0.25, -0.2) is 4.39 Å². The second-order valence-electron chi connectivity index (χ2n) is 5.40. The van der Waals surface area contributed by atoms with Crippen molar-refractivity contribution in [2.24, 2.45) is 0 Å². The number of rotatable bonds is 7. The van der Waals surface area contributed by atoms with Crippen LogP contribution in [0, 0.1) is 5.82 Å². The monoisotopic (exact) mass is 282 g/mol. The predicted octanol–water partition coefficient (Wildman–Crippen LogP) is 6.34. The number of hydrogen-bond acceptors (Lipinski definition) is 0. The second-order valence-corrected chi connectivity index (χ2v) is 5.40. The zero-order chi connectivity index (χ0) is 14.9. The van der Waals surface area contributed by atoms with E-state index in [2.05, 4.69) is 37.3 Å². The molecule has 0 aliphatic carbocycles. The Bertz CT molecular complexity index is 552. The van der Waals surface area contributed by atoms with E-state index in [-0.39, 0.29) is 5.82 Å². The van der Waals surface area contributed by atoms with E-state index >= 15 is 0 Å². The van der Waals surface area contributed by atoms with Gasteiger partial charge in [0, 0.05) is 0 Å². The van der Waals surface area contributed by atoms with Crippen LogP contribution < -0.4 is 0 Å². The van der Waals surface area contributed by atoms with Gasteiger partial charge in [-0.05, 0) is 41.7 Å². The van der Waals surface area contributed by atoms with Crippen LogP contribution in [0.2, 0.25) is 0 Å². The highest BCUT2D eigenvalue weighted by Crippen LogP contribution is 2.24. The quantitative estimate of drug-likeness (QED) is 0.411. The van der Waals surface area contributed by atoms with Gasteiger partial charge >= 0.3 is 0 Å². The summed E-state index contributed by atoms with van der Waals surface area (Å²) in [7, 11) is 0. The summed E-state index contributed by atoms with van der Waals surface area (Å²) in [6, 6.07) is 17.2. The van der Waals surface area contributed by atoms with Crippen molar-refractivity contribution in [2.45, 2.75) is 39.0 Å². The highest BCUT2D eigenvalue weighted by Gasteiger charge is 2.02. The van der Waals surface area contributed by atoms with Crippen LogP contribution in [-0.4, -0.2) is 0 Å². The molecule has 0 spiro atoms. The molecule has 0 saturated heterocycles. The first-order valence-electron chi connectivity index (χ1n) is 7.81. The number of benzene rings is 2. The molecule has 0 radical (unpaired) electrons. The lowest BCUT2D eigenvalue weighted by Crippen LogP contribution is -1.87. The SMILES string of the molecule is CCCCCCC(=Cc1ccc(F)cc1)c1ccccc1. The number of halogens is 1. The van der Waals surface area contributed by atoms with Crippen molar-refractivity contribution in [2.75, 3.05) is 0 Å². The molecule has 0 amide bonds. The Labute approximate surface area is 127 Å². The van der Waals surface area contributed by atoms with E-state index < -0.39 is 0 Å². The van der Waals surface area contributed by atoms with Crippen LogP contribution >= 0.6 is 0 Å². The first-order chi connectivity index (χ1) is 10.3. The van der Waals surface area contributed by atoms with Crippen LogP contribution in [0.1, 0.15) is 50.2 Å². The van der Waals surface area contributed by atoms with Gasteiger partial charge in [-0.3, -0.25) is 0 Å². The molecule has 0 aromatic heterocycles. The van der Waals surface area contributed by atoms with E-state index in [1.54, 1.807) is 0 Å². The highest BCUT2D eigenvalue weighted by molar-refractivity contribution is 5.81. The summed E-state index contributed by atoms with van der Waals surface area (Å²) in [6.45, 7) is 2.23. The molecule has 0 aliphatic heterocycles. The molecule has 0 nitrogen and oxygen atoms in total. The van der Waals surface area contributed by atoms with Crippen molar-refractivity contribution in [1.29, 1.82) is 0 Å². The van der Waals surface area contributed by atoms with Gasteiger partial charge in [0.05, 0.1) is 0 Å². The Morgan fingerprint density at radius 1 is 0.905 bits per heavy atom. The average molecular weight is 282 g/mol. The van der Waals surface area contributed by atoms with Crippen LogP contribution in [0.15, 0.2) is 54.6 Å². The van der Waals surface area contributed by atoms with Gasteiger partial charge in [0.25, 0.3) is 0 Å². The molecule has 0 unspecified atom stereocenters. The number of unbranched alkanes of at least 4 members (excludes halogenated alkanes) is 3. The summed E-state index contributed by atoms with van der Waals surface area (Å²) in [5.41, 5.74) is 3.65. The van der Waals surface area contributed by atoms with Gasteiger partial charge in [-0.2, -0.15) is 0 Å². The zero-order valence-electron chi connectivity index (χ0n) is 12.7. The minimum absolute atomic E-state index is 0.184. The fraction of sp³-hybridized carbons (Fsp3) is 0.300. The third kappa shape index (κ3) is 5.18. The smallest absolute Gasteiger partial charge is 0.123 e. The Morgan fingerprint density at radius 2 is 1.62 bits per heavy atom. The third-order valence-electron chi connectivity index (χ3n) is 3.66. The van der Waals surface area contributed by atoms with E-state index in [1.165, 1.54) is 49.0 Å². The topological polar surface area (TPSA) is 0 Å². The van der Waals surface area contributed by atoms with Crippen molar-refractivity contribution in [3.63, 3.8) is 0 Å². The maximum atomic E-state index is 13.0. The van der Waals surface area contributed by atoms with E-state index in [9.17, 15) is 4.39 Å². The molecule has 2 aromatic carbocycles. The lowest BCUT2D eigenvalue weighted by atomic mass is 9.97. The average Bonchev–Trinajstić information content (AvgIpc) is 2.53. The molecule has 1 heteroatoms. The summed E-state index contributed by atoms with van der Waals surface area (Å²) in [5.74, 6) is -0.184. The van der Waals surface area contributed by atoms with Crippen LogP contribution in [-0.2, 0) is 0 Å². The second kappa shape index (κ2) is 8.41. The highest BCUT2D eigenvalue weighted by atomic mass is 19.1. The maximum Gasteiger partial charge on any atom is 0.123 e. The van der Waals surface area contributed by atoms with Crippen molar-refractivity contribution >= 4 is 11.6 Å². The zero-order valence-corrected chi connectivity index (χ0v) is 12.7. The van der Waals surface area contributed by atoms with Gasteiger partial charge < -0.3 is 0 Å². The fourth-order valence-corrected chi connectivity index (χ4v) is 2.45. The molecule has 0 bridgehead atoms. The van der Waals surface area contributed by atoms with Gasteiger partial charge in [-0.1, -0.05) is 74.7 Å². The van der Waals surface area contributed by atoms with E-state index in [4.69, 9.17) is 0 Å². The summed E-state index contributed by atoms with van der Waals surface area (Å²) in [4.78, 5) is 0. The van der Waals surface area contributed by atoms with Gasteiger partial charge in [0.2, 0.25) is 0 Å². The van der Waals surface area contributed by atoms with E-state index in [0.29, 0.717) is 0 Å². The number of hydrogen-bond donors (Lipinski definition) is 0. The Balaban J connectivity index is 2.16. The van der Waals surface area contributed by atoms with E-state index in [1.807, 2.05) is 18.2 Å². The van der Waals surface area contributed by atoms with Crippen molar-refractivity contribution < 1.29 is 4.39 Å². The summed E-state index contributed by atoms with van der Waals surface area (Å²) >= 11 is 0.